The molecule has 0 aromatic heterocycles. The van der Waals surface area contributed by atoms with Crippen molar-refractivity contribution in [3.8, 4) is 5.75 Å². The lowest BCUT2D eigenvalue weighted by molar-refractivity contribution is 0.00111. The molecule has 0 aliphatic heterocycles. The van der Waals surface area contributed by atoms with Gasteiger partial charge in [-0.3, -0.25) is 0 Å². The van der Waals surface area contributed by atoms with Crippen molar-refractivity contribution >= 4 is 15.9 Å². The fourth-order valence-corrected chi connectivity index (χ4v) is 2.88. The van der Waals surface area contributed by atoms with Gasteiger partial charge >= 0.3 is 0 Å². The molecule has 1 aromatic rings. The topological polar surface area (TPSA) is 41.5 Å². The molecule has 0 radical (unpaired) electrons. The van der Waals surface area contributed by atoms with Crippen LogP contribution in [0.5, 0.6) is 5.75 Å². The minimum absolute atomic E-state index is 0.397. The molecule has 0 atom stereocenters. The zero-order valence-corrected chi connectivity index (χ0v) is 13.0. The second kappa shape index (κ2) is 6.73. The van der Waals surface area contributed by atoms with Crippen molar-refractivity contribution in [2.75, 3.05) is 13.2 Å². The Kier molecular flexibility index (Phi) is 5.25. The quantitative estimate of drug-likeness (QED) is 0.842. The average molecular weight is 328 g/mol. The van der Waals surface area contributed by atoms with Crippen LogP contribution < -0.4 is 10.1 Å². The van der Waals surface area contributed by atoms with Gasteiger partial charge in [0.1, 0.15) is 12.4 Å². The van der Waals surface area contributed by atoms with Crippen molar-refractivity contribution < 1.29 is 9.84 Å². The molecule has 19 heavy (non-hydrogen) atoms. The van der Waals surface area contributed by atoms with E-state index in [4.69, 9.17) is 4.74 Å². The number of rotatable bonds is 6. The summed E-state index contributed by atoms with van der Waals surface area (Å²) in [6, 6.07) is 6.01. The van der Waals surface area contributed by atoms with Gasteiger partial charge in [-0.05, 0) is 37.6 Å². The van der Waals surface area contributed by atoms with E-state index in [1.165, 1.54) is 0 Å². The van der Waals surface area contributed by atoms with E-state index in [9.17, 15) is 5.11 Å². The van der Waals surface area contributed by atoms with Gasteiger partial charge in [0.15, 0.2) is 0 Å². The largest absolute Gasteiger partial charge is 0.490 e. The fourth-order valence-electron chi connectivity index (χ4n) is 2.48. The van der Waals surface area contributed by atoms with Crippen LogP contribution in [-0.4, -0.2) is 23.9 Å². The predicted molar refractivity (Wildman–Crippen MR) is 80.4 cm³/mol. The first-order chi connectivity index (χ1) is 9.13. The van der Waals surface area contributed by atoms with E-state index in [0.717, 1.165) is 54.6 Å². The van der Waals surface area contributed by atoms with Gasteiger partial charge < -0.3 is 15.2 Å². The van der Waals surface area contributed by atoms with Gasteiger partial charge in [0.2, 0.25) is 0 Å². The molecule has 2 rings (SSSR count). The molecule has 0 unspecified atom stereocenters. The molecule has 0 saturated heterocycles. The van der Waals surface area contributed by atoms with Crippen LogP contribution in [0.2, 0.25) is 0 Å². The van der Waals surface area contributed by atoms with Crippen LogP contribution in [0.15, 0.2) is 22.7 Å². The molecule has 4 heteroatoms. The third-order valence-electron chi connectivity index (χ3n) is 3.62. The highest BCUT2D eigenvalue weighted by molar-refractivity contribution is 9.10. The molecule has 1 saturated carbocycles. The Bertz CT molecular complexity index is 417. The molecular formula is C15H22BrNO2. The normalized spacial score (nSPS) is 17.6. The summed E-state index contributed by atoms with van der Waals surface area (Å²) in [5, 5.41) is 13.6. The summed E-state index contributed by atoms with van der Waals surface area (Å²) in [5.74, 6) is 0.865. The maximum absolute atomic E-state index is 10.3. The summed E-state index contributed by atoms with van der Waals surface area (Å²) < 4.78 is 6.91. The molecule has 1 aliphatic rings. The van der Waals surface area contributed by atoms with E-state index in [1.54, 1.807) is 0 Å². The highest BCUT2D eigenvalue weighted by Gasteiger charge is 2.32. The standard InChI is InChI=1S/C15H22BrNO2/c1-2-17-10-12-9-13(16)5-6-14(12)19-11-15(18)7-3-4-8-15/h5-6,9,17-18H,2-4,7-8,10-11H2,1H3. The Hall–Kier alpha value is -0.580. The van der Waals surface area contributed by atoms with Crippen LogP contribution in [0.3, 0.4) is 0 Å². The zero-order chi connectivity index (χ0) is 13.7. The van der Waals surface area contributed by atoms with E-state index in [-0.39, 0.29) is 0 Å². The number of aliphatic hydroxyl groups is 1. The monoisotopic (exact) mass is 327 g/mol. The van der Waals surface area contributed by atoms with Crippen LogP contribution in [0.4, 0.5) is 0 Å². The van der Waals surface area contributed by atoms with Crippen molar-refractivity contribution in [3.05, 3.63) is 28.2 Å². The van der Waals surface area contributed by atoms with E-state index < -0.39 is 5.60 Å². The molecule has 0 heterocycles. The number of halogens is 1. The molecule has 106 valence electrons. The van der Waals surface area contributed by atoms with Gasteiger partial charge in [0.25, 0.3) is 0 Å². The van der Waals surface area contributed by atoms with Gasteiger partial charge in [-0.15, -0.1) is 0 Å². The van der Waals surface area contributed by atoms with Gasteiger partial charge in [-0.25, -0.2) is 0 Å². The number of nitrogens with one attached hydrogen (secondary N) is 1. The van der Waals surface area contributed by atoms with Crippen LogP contribution in [-0.2, 0) is 6.54 Å². The summed E-state index contributed by atoms with van der Waals surface area (Å²) in [7, 11) is 0. The summed E-state index contributed by atoms with van der Waals surface area (Å²) in [6.07, 6.45) is 3.91. The van der Waals surface area contributed by atoms with Crippen LogP contribution in [0, 0.1) is 0 Å². The van der Waals surface area contributed by atoms with E-state index in [0.29, 0.717) is 6.61 Å². The minimum Gasteiger partial charge on any atom is -0.490 e. The fraction of sp³-hybridized carbons (Fsp3) is 0.600. The Morgan fingerprint density at radius 2 is 2.11 bits per heavy atom. The molecule has 0 spiro atoms. The molecule has 1 aliphatic carbocycles. The molecule has 1 fully saturated rings. The zero-order valence-electron chi connectivity index (χ0n) is 11.4. The van der Waals surface area contributed by atoms with Gasteiger partial charge in [-0.1, -0.05) is 35.7 Å². The summed E-state index contributed by atoms with van der Waals surface area (Å²) in [6.45, 7) is 4.19. The predicted octanol–water partition coefficient (Wildman–Crippen LogP) is 3.24. The summed E-state index contributed by atoms with van der Waals surface area (Å²) in [5.41, 5.74) is 0.500. The third-order valence-corrected chi connectivity index (χ3v) is 4.11. The highest BCUT2D eigenvalue weighted by atomic mass is 79.9. The minimum atomic E-state index is -0.622. The third kappa shape index (κ3) is 4.20. The van der Waals surface area contributed by atoms with E-state index in [2.05, 4.69) is 34.2 Å². The van der Waals surface area contributed by atoms with Crippen LogP contribution >= 0.6 is 15.9 Å². The Morgan fingerprint density at radius 3 is 2.79 bits per heavy atom. The SMILES string of the molecule is CCNCc1cc(Br)ccc1OCC1(O)CCCC1. The van der Waals surface area contributed by atoms with E-state index in [1.807, 2.05) is 12.1 Å². The molecule has 1 aromatic carbocycles. The molecule has 0 bridgehead atoms. The lowest BCUT2D eigenvalue weighted by atomic mass is 10.0. The first-order valence-electron chi connectivity index (χ1n) is 6.97. The number of hydrogen-bond acceptors (Lipinski definition) is 3. The molecule has 2 N–H and O–H groups in total. The van der Waals surface area contributed by atoms with Crippen molar-refractivity contribution in [1.82, 2.24) is 5.32 Å². The van der Waals surface area contributed by atoms with Crippen molar-refractivity contribution in [2.24, 2.45) is 0 Å². The average Bonchev–Trinajstić information content (AvgIpc) is 2.82. The van der Waals surface area contributed by atoms with Crippen molar-refractivity contribution in [2.45, 2.75) is 44.8 Å². The molecule has 3 nitrogen and oxygen atoms in total. The van der Waals surface area contributed by atoms with E-state index >= 15 is 0 Å². The lowest BCUT2D eigenvalue weighted by Crippen LogP contribution is -2.32. The Morgan fingerprint density at radius 1 is 1.37 bits per heavy atom. The molecule has 0 amide bonds. The van der Waals surface area contributed by atoms with Crippen molar-refractivity contribution in [1.29, 1.82) is 0 Å². The van der Waals surface area contributed by atoms with Crippen LogP contribution in [0.1, 0.15) is 38.2 Å². The summed E-state index contributed by atoms with van der Waals surface area (Å²) in [4.78, 5) is 0. The van der Waals surface area contributed by atoms with Gasteiger partial charge in [0.05, 0.1) is 5.60 Å². The maximum atomic E-state index is 10.3. The second-order valence-electron chi connectivity index (χ2n) is 5.25. The number of benzene rings is 1. The number of ether oxygens (including phenoxy) is 1. The first-order valence-corrected chi connectivity index (χ1v) is 7.76. The second-order valence-corrected chi connectivity index (χ2v) is 6.17. The lowest BCUT2D eigenvalue weighted by Gasteiger charge is -2.23. The highest BCUT2D eigenvalue weighted by Crippen LogP contribution is 2.31. The first kappa shape index (κ1) is 14.8. The maximum Gasteiger partial charge on any atom is 0.124 e. The van der Waals surface area contributed by atoms with Gasteiger partial charge in [0, 0.05) is 16.6 Å². The van der Waals surface area contributed by atoms with Crippen LogP contribution in [0.25, 0.3) is 0 Å². The van der Waals surface area contributed by atoms with Gasteiger partial charge in [-0.2, -0.15) is 0 Å². The van der Waals surface area contributed by atoms with Crippen molar-refractivity contribution in [3.63, 3.8) is 0 Å². The Balaban J connectivity index is 2.02. The smallest absolute Gasteiger partial charge is 0.124 e. The Labute approximate surface area is 123 Å². The summed E-state index contributed by atoms with van der Waals surface area (Å²) >= 11 is 3.48. The molecular weight excluding hydrogens is 306 g/mol. The number of hydrogen-bond donors (Lipinski definition) is 2.